The summed E-state index contributed by atoms with van der Waals surface area (Å²) < 4.78 is 52.9. The Morgan fingerprint density at radius 3 is 2.41 bits per heavy atom. The molecule has 1 N–H and O–H groups in total. The standard InChI is InChI=1S/C20H23F2N3O3S/c1-2-15-4-3-5-16(12-15)23-20(26)14-24-8-10-25(11-9-24)29(27,28)17-6-7-18(21)19(22)13-17/h3-7,12-13H,2,8-11,14H2,1H3,(H,23,26). The summed E-state index contributed by atoms with van der Waals surface area (Å²) in [6.45, 7) is 3.25. The minimum atomic E-state index is -3.91. The highest BCUT2D eigenvalue weighted by molar-refractivity contribution is 7.89. The number of carbonyl (C=O) groups excluding carboxylic acids is 1. The maximum Gasteiger partial charge on any atom is 0.243 e. The number of benzene rings is 2. The van der Waals surface area contributed by atoms with E-state index in [1.54, 1.807) is 0 Å². The third-order valence-corrected chi connectivity index (χ3v) is 6.74. The molecule has 0 radical (unpaired) electrons. The fourth-order valence-corrected chi connectivity index (χ4v) is 4.62. The van der Waals surface area contributed by atoms with Gasteiger partial charge in [-0.15, -0.1) is 0 Å². The minimum Gasteiger partial charge on any atom is -0.325 e. The first-order valence-corrected chi connectivity index (χ1v) is 10.8. The summed E-state index contributed by atoms with van der Waals surface area (Å²) in [5, 5.41) is 2.85. The lowest BCUT2D eigenvalue weighted by Gasteiger charge is -2.33. The van der Waals surface area contributed by atoms with Crippen molar-refractivity contribution in [3.05, 3.63) is 59.7 Å². The minimum absolute atomic E-state index is 0.148. The summed E-state index contributed by atoms with van der Waals surface area (Å²) in [6, 6.07) is 10.2. The molecule has 1 aliphatic heterocycles. The van der Waals surface area contributed by atoms with Gasteiger partial charge in [0.1, 0.15) is 0 Å². The molecule has 1 fully saturated rings. The molecule has 0 atom stereocenters. The Kier molecular flexibility index (Phi) is 6.61. The van der Waals surface area contributed by atoms with Gasteiger partial charge < -0.3 is 5.32 Å². The van der Waals surface area contributed by atoms with E-state index in [2.05, 4.69) is 5.32 Å². The molecule has 1 saturated heterocycles. The Balaban J connectivity index is 1.55. The van der Waals surface area contributed by atoms with Crippen molar-refractivity contribution in [3.8, 4) is 0 Å². The fourth-order valence-electron chi connectivity index (χ4n) is 3.19. The summed E-state index contributed by atoms with van der Waals surface area (Å²) >= 11 is 0. The molecule has 0 aromatic heterocycles. The van der Waals surface area contributed by atoms with Crippen LogP contribution in [-0.2, 0) is 21.2 Å². The number of piperazine rings is 1. The predicted octanol–water partition coefficient (Wildman–Crippen LogP) is 2.47. The normalized spacial score (nSPS) is 16.0. The first-order valence-electron chi connectivity index (χ1n) is 9.36. The van der Waals surface area contributed by atoms with Crippen molar-refractivity contribution in [2.24, 2.45) is 0 Å². The summed E-state index contributed by atoms with van der Waals surface area (Å²) in [5.41, 5.74) is 1.85. The van der Waals surface area contributed by atoms with E-state index in [0.29, 0.717) is 19.2 Å². The third kappa shape index (κ3) is 5.17. The number of amides is 1. The summed E-state index contributed by atoms with van der Waals surface area (Å²) in [5.74, 6) is -2.46. The molecule has 0 bridgehead atoms. The van der Waals surface area contributed by atoms with Gasteiger partial charge in [-0.1, -0.05) is 19.1 Å². The van der Waals surface area contributed by atoms with Crippen LogP contribution in [-0.4, -0.2) is 56.3 Å². The predicted molar refractivity (Wildman–Crippen MR) is 106 cm³/mol. The molecule has 3 rings (SSSR count). The van der Waals surface area contributed by atoms with E-state index in [4.69, 9.17) is 0 Å². The Morgan fingerprint density at radius 2 is 1.76 bits per heavy atom. The lowest BCUT2D eigenvalue weighted by molar-refractivity contribution is -0.117. The van der Waals surface area contributed by atoms with Crippen LogP contribution in [0.1, 0.15) is 12.5 Å². The van der Waals surface area contributed by atoms with Crippen molar-refractivity contribution in [2.45, 2.75) is 18.2 Å². The van der Waals surface area contributed by atoms with Crippen LogP contribution in [0.25, 0.3) is 0 Å². The SMILES string of the molecule is CCc1cccc(NC(=O)CN2CCN(S(=O)(=O)c3ccc(F)c(F)c3)CC2)c1. The summed E-state index contributed by atoms with van der Waals surface area (Å²) in [6.07, 6.45) is 0.873. The number of sulfonamides is 1. The van der Waals surface area contributed by atoms with Gasteiger partial charge in [0.25, 0.3) is 0 Å². The second-order valence-electron chi connectivity index (χ2n) is 6.86. The lowest BCUT2D eigenvalue weighted by atomic mass is 10.1. The van der Waals surface area contributed by atoms with Crippen molar-refractivity contribution in [1.29, 1.82) is 0 Å². The average molecular weight is 423 g/mol. The van der Waals surface area contributed by atoms with Gasteiger partial charge in [0.15, 0.2) is 11.6 Å². The number of hydrogen-bond donors (Lipinski definition) is 1. The van der Waals surface area contributed by atoms with Gasteiger partial charge in [-0.25, -0.2) is 17.2 Å². The summed E-state index contributed by atoms with van der Waals surface area (Å²) in [4.78, 5) is 13.9. The van der Waals surface area contributed by atoms with Crippen LogP contribution in [0.15, 0.2) is 47.4 Å². The Hall–Kier alpha value is -2.36. The van der Waals surface area contributed by atoms with E-state index in [9.17, 15) is 22.0 Å². The van der Waals surface area contributed by atoms with E-state index >= 15 is 0 Å². The van der Waals surface area contributed by atoms with E-state index in [0.717, 1.165) is 29.8 Å². The number of anilines is 1. The maximum atomic E-state index is 13.4. The molecule has 0 unspecified atom stereocenters. The van der Waals surface area contributed by atoms with Crippen molar-refractivity contribution in [3.63, 3.8) is 0 Å². The Labute approximate surface area is 169 Å². The third-order valence-electron chi connectivity index (χ3n) is 4.85. The molecule has 9 heteroatoms. The van der Waals surface area contributed by atoms with Gasteiger partial charge in [0, 0.05) is 31.9 Å². The van der Waals surface area contributed by atoms with Gasteiger partial charge in [0.2, 0.25) is 15.9 Å². The molecule has 1 aliphatic rings. The molecular formula is C20H23F2N3O3S. The van der Waals surface area contributed by atoms with E-state index in [-0.39, 0.29) is 30.4 Å². The molecule has 156 valence electrons. The topological polar surface area (TPSA) is 69.7 Å². The lowest BCUT2D eigenvalue weighted by Crippen LogP contribution is -2.50. The fraction of sp³-hybridized carbons (Fsp3) is 0.350. The van der Waals surface area contributed by atoms with Crippen LogP contribution in [0.5, 0.6) is 0 Å². The zero-order valence-electron chi connectivity index (χ0n) is 16.1. The zero-order chi connectivity index (χ0) is 21.0. The molecule has 1 heterocycles. The Morgan fingerprint density at radius 1 is 1.03 bits per heavy atom. The van der Waals surface area contributed by atoms with Crippen molar-refractivity contribution >= 4 is 21.6 Å². The van der Waals surface area contributed by atoms with Gasteiger partial charge in [-0.3, -0.25) is 9.69 Å². The van der Waals surface area contributed by atoms with E-state index in [1.165, 1.54) is 4.31 Å². The van der Waals surface area contributed by atoms with Crippen LogP contribution in [0.4, 0.5) is 14.5 Å². The highest BCUT2D eigenvalue weighted by Gasteiger charge is 2.29. The number of carbonyl (C=O) groups is 1. The second kappa shape index (κ2) is 8.98. The molecule has 2 aromatic carbocycles. The summed E-state index contributed by atoms with van der Waals surface area (Å²) in [7, 11) is -3.91. The van der Waals surface area contributed by atoms with Crippen molar-refractivity contribution < 1.29 is 22.0 Å². The van der Waals surface area contributed by atoms with Crippen LogP contribution >= 0.6 is 0 Å². The molecule has 0 saturated carbocycles. The number of nitrogens with one attached hydrogen (secondary N) is 1. The first kappa shape index (κ1) is 21.4. The molecular weight excluding hydrogens is 400 g/mol. The van der Waals surface area contributed by atoms with Crippen LogP contribution in [0.3, 0.4) is 0 Å². The first-order chi connectivity index (χ1) is 13.8. The number of nitrogens with zero attached hydrogens (tertiary/aromatic N) is 2. The largest absolute Gasteiger partial charge is 0.325 e. The molecule has 0 spiro atoms. The van der Waals surface area contributed by atoms with Crippen LogP contribution in [0.2, 0.25) is 0 Å². The molecule has 29 heavy (non-hydrogen) atoms. The smallest absolute Gasteiger partial charge is 0.243 e. The zero-order valence-corrected chi connectivity index (χ0v) is 16.9. The number of halogens is 2. The highest BCUT2D eigenvalue weighted by Crippen LogP contribution is 2.20. The van der Waals surface area contributed by atoms with Crippen LogP contribution < -0.4 is 5.32 Å². The number of aryl methyl sites for hydroxylation is 1. The van der Waals surface area contributed by atoms with Crippen LogP contribution in [0, 0.1) is 11.6 Å². The monoisotopic (exact) mass is 423 g/mol. The van der Waals surface area contributed by atoms with Gasteiger partial charge in [-0.05, 0) is 42.3 Å². The van der Waals surface area contributed by atoms with E-state index in [1.807, 2.05) is 36.1 Å². The molecule has 6 nitrogen and oxygen atoms in total. The van der Waals surface area contributed by atoms with Gasteiger partial charge in [0.05, 0.1) is 11.4 Å². The highest BCUT2D eigenvalue weighted by atomic mass is 32.2. The molecule has 2 aromatic rings. The quantitative estimate of drug-likeness (QED) is 0.775. The maximum absolute atomic E-state index is 13.4. The van der Waals surface area contributed by atoms with E-state index < -0.39 is 21.7 Å². The number of rotatable bonds is 6. The number of hydrogen-bond acceptors (Lipinski definition) is 4. The van der Waals surface area contributed by atoms with Crippen molar-refractivity contribution in [2.75, 3.05) is 38.0 Å². The van der Waals surface area contributed by atoms with Gasteiger partial charge in [-0.2, -0.15) is 4.31 Å². The molecule has 1 amide bonds. The average Bonchev–Trinajstić information content (AvgIpc) is 2.70. The Bertz CT molecular complexity index is 990. The van der Waals surface area contributed by atoms with Gasteiger partial charge >= 0.3 is 0 Å². The van der Waals surface area contributed by atoms with Crippen molar-refractivity contribution in [1.82, 2.24) is 9.21 Å². The molecule has 0 aliphatic carbocycles. The second-order valence-corrected chi connectivity index (χ2v) is 8.80.